The van der Waals surface area contributed by atoms with Gasteiger partial charge in [-0.25, -0.2) is 8.78 Å². The molecule has 3 heteroatoms. The standard InChI is InChI=1S/C48H56F2O/c1-3-5-7-35-9-13-37(14-10-35)39-17-21-41(22-18-39)45-27-25-43(47(49)33-45)29-31-51-32-30-44-26-28-46(34-48(44)50)42-23-19-40(20-24-42)38-15-11-36(12-16-38)8-6-4-2/h3-4,17-28,33-38H,1-2,5-16,29-32H2. The first-order chi connectivity index (χ1) is 25.0. The summed E-state index contributed by atoms with van der Waals surface area (Å²) in [6.45, 7) is 8.52. The fourth-order valence-corrected chi connectivity index (χ4v) is 8.50. The van der Waals surface area contributed by atoms with E-state index in [0.29, 0.717) is 49.0 Å². The summed E-state index contributed by atoms with van der Waals surface area (Å²) in [5, 5.41) is 0. The van der Waals surface area contributed by atoms with Crippen molar-refractivity contribution in [1.82, 2.24) is 0 Å². The number of hydrogen-bond donors (Lipinski definition) is 0. The number of benzene rings is 4. The van der Waals surface area contributed by atoms with Gasteiger partial charge in [-0.3, -0.25) is 0 Å². The van der Waals surface area contributed by atoms with Crippen LogP contribution in [0.2, 0.25) is 0 Å². The number of halogens is 2. The molecule has 2 fully saturated rings. The molecular formula is C48H56F2O. The van der Waals surface area contributed by atoms with E-state index in [1.54, 1.807) is 12.1 Å². The van der Waals surface area contributed by atoms with E-state index in [9.17, 15) is 0 Å². The molecule has 0 unspecified atom stereocenters. The molecule has 0 aliphatic heterocycles. The molecule has 2 aliphatic carbocycles. The van der Waals surface area contributed by atoms with Crippen LogP contribution < -0.4 is 0 Å². The first kappa shape index (κ1) is 37.0. The highest BCUT2D eigenvalue weighted by atomic mass is 19.1. The zero-order valence-electron chi connectivity index (χ0n) is 30.4. The third kappa shape index (κ3) is 10.2. The molecule has 4 aromatic rings. The van der Waals surface area contributed by atoms with Crippen LogP contribution in [-0.4, -0.2) is 13.2 Å². The van der Waals surface area contributed by atoms with Crippen LogP contribution in [-0.2, 0) is 17.6 Å². The maximum Gasteiger partial charge on any atom is 0.127 e. The van der Waals surface area contributed by atoms with E-state index >= 15 is 8.78 Å². The van der Waals surface area contributed by atoms with Crippen LogP contribution in [0.4, 0.5) is 8.78 Å². The van der Waals surface area contributed by atoms with Crippen LogP contribution in [0, 0.1) is 23.5 Å². The highest BCUT2D eigenvalue weighted by molar-refractivity contribution is 5.65. The first-order valence-corrected chi connectivity index (χ1v) is 19.6. The van der Waals surface area contributed by atoms with Crippen LogP contribution in [0.15, 0.2) is 110 Å². The van der Waals surface area contributed by atoms with Gasteiger partial charge in [0.15, 0.2) is 0 Å². The van der Waals surface area contributed by atoms with Gasteiger partial charge in [0.1, 0.15) is 11.6 Å². The van der Waals surface area contributed by atoms with Gasteiger partial charge in [-0.15, -0.1) is 13.2 Å². The van der Waals surface area contributed by atoms with E-state index in [0.717, 1.165) is 46.9 Å². The zero-order valence-corrected chi connectivity index (χ0v) is 30.4. The zero-order chi connectivity index (χ0) is 35.4. The van der Waals surface area contributed by atoms with Gasteiger partial charge in [0.05, 0.1) is 13.2 Å². The Morgan fingerprint density at radius 3 is 1.24 bits per heavy atom. The second kappa shape index (κ2) is 18.6. The van der Waals surface area contributed by atoms with E-state index in [-0.39, 0.29) is 11.6 Å². The summed E-state index contributed by atoms with van der Waals surface area (Å²) in [5.74, 6) is 2.52. The SMILES string of the molecule is C=CCCC1CCC(c2ccc(-c3ccc(CCOCCc4ccc(-c5ccc(C6CCC(CCC=C)CC6)cc5)cc4F)c(F)c3)cc2)CC1. The van der Waals surface area contributed by atoms with Crippen LogP contribution in [0.1, 0.15) is 111 Å². The van der Waals surface area contributed by atoms with Gasteiger partial charge in [0, 0.05) is 0 Å². The van der Waals surface area contributed by atoms with Crippen molar-refractivity contribution in [2.45, 2.75) is 102 Å². The fraction of sp³-hybridized carbons (Fsp3) is 0.417. The van der Waals surface area contributed by atoms with Gasteiger partial charge >= 0.3 is 0 Å². The molecule has 51 heavy (non-hydrogen) atoms. The predicted octanol–water partition coefficient (Wildman–Crippen LogP) is 13.6. The quantitative estimate of drug-likeness (QED) is 0.0842. The Balaban J connectivity index is 0.925. The van der Waals surface area contributed by atoms with Gasteiger partial charge < -0.3 is 4.74 Å². The van der Waals surface area contributed by atoms with Crippen molar-refractivity contribution in [3.8, 4) is 22.3 Å². The lowest BCUT2D eigenvalue weighted by atomic mass is 9.77. The van der Waals surface area contributed by atoms with Crippen LogP contribution in [0.25, 0.3) is 22.3 Å². The summed E-state index contributed by atoms with van der Waals surface area (Å²) in [6.07, 6.45) is 20.0. The van der Waals surface area contributed by atoms with Crippen molar-refractivity contribution in [1.29, 1.82) is 0 Å². The predicted molar refractivity (Wildman–Crippen MR) is 210 cm³/mol. The highest BCUT2D eigenvalue weighted by Crippen LogP contribution is 2.39. The molecule has 0 bridgehead atoms. The molecule has 0 saturated heterocycles. The lowest BCUT2D eigenvalue weighted by molar-refractivity contribution is 0.139. The van der Waals surface area contributed by atoms with Gasteiger partial charge in [-0.2, -0.15) is 0 Å². The average Bonchev–Trinajstić information content (AvgIpc) is 3.17. The van der Waals surface area contributed by atoms with Crippen molar-refractivity contribution < 1.29 is 13.5 Å². The first-order valence-electron chi connectivity index (χ1n) is 19.6. The molecule has 4 aromatic carbocycles. The summed E-state index contributed by atoms with van der Waals surface area (Å²) in [6, 6.07) is 28.5. The summed E-state index contributed by atoms with van der Waals surface area (Å²) < 4.78 is 36.0. The highest BCUT2D eigenvalue weighted by Gasteiger charge is 2.23. The van der Waals surface area contributed by atoms with Gasteiger partial charge in [-0.05, 0) is 170 Å². The molecule has 0 spiro atoms. The number of ether oxygens (including phenoxy) is 1. The Kier molecular flexibility index (Phi) is 13.5. The molecule has 268 valence electrons. The third-order valence-corrected chi connectivity index (χ3v) is 11.8. The Morgan fingerprint density at radius 1 is 0.510 bits per heavy atom. The molecule has 0 amide bonds. The van der Waals surface area contributed by atoms with E-state index in [4.69, 9.17) is 4.74 Å². The molecule has 6 rings (SSSR count). The number of rotatable bonds is 16. The Labute approximate surface area is 305 Å². The molecule has 2 saturated carbocycles. The number of hydrogen-bond acceptors (Lipinski definition) is 1. The number of allylic oxidation sites excluding steroid dienone is 2. The van der Waals surface area contributed by atoms with Crippen LogP contribution in [0.3, 0.4) is 0 Å². The molecule has 0 N–H and O–H groups in total. The second-order valence-electron chi connectivity index (χ2n) is 15.1. The molecule has 1 nitrogen and oxygen atoms in total. The molecule has 2 aliphatic rings. The minimum absolute atomic E-state index is 0.209. The topological polar surface area (TPSA) is 9.23 Å². The summed E-state index contributed by atoms with van der Waals surface area (Å²) in [7, 11) is 0. The molecule has 0 aromatic heterocycles. The van der Waals surface area contributed by atoms with E-state index in [1.165, 1.54) is 75.3 Å². The van der Waals surface area contributed by atoms with Crippen molar-refractivity contribution in [3.05, 3.63) is 144 Å². The van der Waals surface area contributed by atoms with Crippen molar-refractivity contribution in [2.75, 3.05) is 13.2 Å². The smallest absolute Gasteiger partial charge is 0.127 e. The van der Waals surface area contributed by atoms with Gasteiger partial charge in [0.25, 0.3) is 0 Å². The van der Waals surface area contributed by atoms with Crippen LogP contribution >= 0.6 is 0 Å². The summed E-state index contributed by atoms with van der Waals surface area (Å²) in [5.41, 5.74) is 7.95. The normalized spacial score (nSPS) is 20.6. The van der Waals surface area contributed by atoms with E-state index in [2.05, 4.69) is 61.7 Å². The molecule has 0 radical (unpaired) electrons. The molecular weight excluding hydrogens is 631 g/mol. The maximum atomic E-state index is 15.1. The Hall–Kier alpha value is -3.82. The van der Waals surface area contributed by atoms with E-state index < -0.39 is 0 Å². The molecule has 0 atom stereocenters. The van der Waals surface area contributed by atoms with Gasteiger partial charge in [-0.1, -0.05) is 84.9 Å². The minimum atomic E-state index is -0.209. The van der Waals surface area contributed by atoms with Crippen molar-refractivity contribution in [3.63, 3.8) is 0 Å². The van der Waals surface area contributed by atoms with Crippen LogP contribution in [0.5, 0.6) is 0 Å². The largest absolute Gasteiger partial charge is 0.381 e. The lowest BCUT2D eigenvalue weighted by Crippen LogP contribution is -2.13. The maximum absolute atomic E-state index is 15.1. The third-order valence-electron chi connectivity index (χ3n) is 11.8. The second-order valence-corrected chi connectivity index (χ2v) is 15.1. The van der Waals surface area contributed by atoms with E-state index in [1.807, 2.05) is 36.4 Å². The fourth-order valence-electron chi connectivity index (χ4n) is 8.50. The summed E-state index contributed by atoms with van der Waals surface area (Å²) in [4.78, 5) is 0. The van der Waals surface area contributed by atoms with Crippen molar-refractivity contribution >= 4 is 0 Å². The average molecular weight is 687 g/mol. The molecule has 0 heterocycles. The van der Waals surface area contributed by atoms with Gasteiger partial charge in [0.2, 0.25) is 0 Å². The van der Waals surface area contributed by atoms with Crippen molar-refractivity contribution in [2.24, 2.45) is 11.8 Å². The summed E-state index contributed by atoms with van der Waals surface area (Å²) >= 11 is 0. The monoisotopic (exact) mass is 686 g/mol. The lowest BCUT2D eigenvalue weighted by Gasteiger charge is -2.28. The Morgan fingerprint density at radius 2 is 0.882 bits per heavy atom. The Bertz CT molecular complexity index is 1560. The minimum Gasteiger partial charge on any atom is -0.381 e.